The van der Waals surface area contributed by atoms with Crippen molar-refractivity contribution in [3.8, 4) is 0 Å². The van der Waals surface area contributed by atoms with Gasteiger partial charge >= 0.3 is 7.60 Å². The van der Waals surface area contributed by atoms with Crippen LogP contribution in [0.4, 0.5) is 0 Å². The van der Waals surface area contributed by atoms with E-state index in [1.54, 1.807) is 0 Å². The van der Waals surface area contributed by atoms with Crippen molar-refractivity contribution in [2.75, 3.05) is 20.6 Å². The van der Waals surface area contributed by atoms with Crippen molar-refractivity contribution in [2.45, 2.75) is 65.2 Å². The molecule has 5 heteroatoms. The molecule has 0 radical (unpaired) electrons. The number of allylic oxidation sites excluding steroid dienone is 1. The van der Waals surface area contributed by atoms with Gasteiger partial charge in [0.05, 0.1) is 0 Å². The van der Waals surface area contributed by atoms with Crippen molar-refractivity contribution >= 4 is 7.60 Å². The fourth-order valence-corrected chi connectivity index (χ4v) is 3.51. The second-order valence-corrected chi connectivity index (χ2v) is 7.37. The average molecular weight is 305 g/mol. The normalized spacial score (nSPS) is 13.8. The number of likely N-dealkylation sites (N-methyl/N-ethyl adjacent to an activating group) is 1. The number of hydrogen-bond donors (Lipinski definition) is 2. The third kappa shape index (κ3) is 8.91. The van der Waals surface area contributed by atoms with Crippen molar-refractivity contribution in [1.82, 2.24) is 4.90 Å². The SMILES string of the molecule is CCCCCCC/C(CN(C)C)=C(\CCC)P(=O)(O)O. The Bertz CT molecular complexity index is 334. The average Bonchev–Trinajstić information content (AvgIpc) is 2.32. The lowest BCUT2D eigenvalue weighted by Crippen LogP contribution is -2.17. The van der Waals surface area contributed by atoms with Gasteiger partial charge in [-0.1, -0.05) is 46.0 Å². The molecular formula is C15H32NO3P. The van der Waals surface area contributed by atoms with Crippen LogP contribution in [-0.4, -0.2) is 35.3 Å². The summed E-state index contributed by atoms with van der Waals surface area (Å²) in [6.07, 6.45) is 7.92. The second kappa shape index (κ2) is 10.6. The van der Waals surface area contributed by atoms with Crippen LogP contribution in [0.5, 0.6) is 0 Å². The van der Waals surface area contributed by atoms with Crippen LogP contribution in [-0.2, 0) is 4.57 Å². The van der Waals surface area contributed by atoms with Crippen LogP contribution >= 0.6 is 7.60 Å². The van der Waals surface area contributed by atoms with Crippen molar-refractivity contribution < 1.29 is 14.4 Å². The molecule has 0 fully saturated rings. The largest absolute Gasteiger partial charge is 0.352 e. The van der Waals surface area contributed by atoms with Gasteiger partial charge in [-0.2, -0.15) is 0 Å². The van der Waals surface area contributed by atoms with Crippen molar-refractivity contribution in [3.05, 3.63) is 10.9 Å². The fourth-order valence-electron chi connectivity index (χ4n) is 2.40. The first kappa shape index (κ1) is 19.9. The van der Waals surface area contributed by atoms with Gasteiger partial charge in [0.15, 0.2) is 0 Å². The predicted molar refractivity (Wildman–Crippen MR) is 85.9 cm³/mol. The minimum atomic E-state index is -4.11. The van der Waals surface area contributed by atoms with Crippen LogP contribution < -0.4 is 0 Å². The van der Waals surface area contributed by atoms with Crippen LogP contribution in [0.15, 0.2) is 10.9 Å². The number of rotatable bonds is 11. The molecule has 0 bridgehead atoms. The molecule has 0 spiro atoms. The Morgan fingerprint density at radius 2 is 1.55 bits per heavy atom. The van der Waals surface area contributed by atoms with Gasteiger partial charge in [0.2, 0.25) is 0 Å². The molecule has 0 saturated heterocycles. The third-order valence-electron chi connectivity index (χ3n) is 3.34. The molecule has 0 aromatic carbocycles. The van der Waals surface area contributed by atoms with Crippen molar-refractivity contribution in [3.63, 3.8) is 0 Å². The second-order valence-electron chi connectivity index (χ2n) is 5.75. The highest BCUT2D eigenvalue weighted by atomic mass is 31.2. The summed E-state index contributed by atoms with van der Waals surface area (Å²) in [5.74, 6) is 0. The number of hydrogen-bond acceptors (Lipinski definition) is 2. The molecule has 0 heterocycles. The predicted octanol–water partition coefficient (Wildman–Crippen LogP) is 4.14. The molecule has 4 nitrogen and oxygen atoms in total. The lowest BCUT2D eigenvalue weighted by molar-refractivity contribution is 0.377. The fraction of sp³-hybridized carbons (Fsp3) is 0.867. The molecule has 20 heavy (non-hydrogen) atoms. The monoisotopic (exact) mass is 305 g/mol. The summed E-state index contributed by atoms with van der Waals surface area (Å²) >= 11 is 0. The molecule has 0 atom stereocenters. The molecule has 0 aromatic rings. The molecule has 0 aliphatic carbocycles. The quantitative estimate of drug-likeness (QED) is 0.445. The Balaban J connectivity index is 4.84. The zero-order valence-electron chi connectivity index (χ0n) is 13.6. The summed E-state index contributed by atoms with van der Waals surface area (Å²) in [5, 5.41) is 0.379. The molecular weight excluding hydrogens is 273 g/mol. The van der Waals surface area contributed by atoms with Gasteiger partial charge in [-0.05, 0) is 38.9 Å². The van der Waals surface area contributed by atoms with Crippen molar-refractivity contribution in [2.24, 2.45) is 0 Å². The van der Waals surface area contributed by atoms with E-state index in [0.29, 0.717) is 18.3 Å². The topological polar surface area (TPSA) is 60.8 Å². The van der Waals surface area contributed by atoms with Crippen molar-refractivity contribution in [1.29, 1.82) is 0 Å². The Hall–Kier alpha value is -0.150. The molecule has 0 amide bonds. The van der Waals surface area contributed by atoms with Gasteiger partial charge in [0, 0.05) is 11.9 Å². The minimum Gasteiger partial charge on any atom is -0.321 e. The van der Waals surface area contributed by atoms with Crippen LogP contribution in [0.3, 0.4) is 0 Å². The molecule has 0 unspecified atom stereocenters. The summed E-state index contributed by atoms with van der Waals surface area (Å²) in [6, 6.07) is 0. The van der Waals surface area contributed by atoms with E-state index in [2.05, 4.69) is 6.92 Å². The van der Waals surface area contributed by atoms with Gasteiger partial charge in [-0.25, -0.2) is 0 Å². The Kier molecular flexibility index (Phi) is 10.5. The van der Waals surface area contributed by atoms with E-state index in [0.717, 1.165) is 31.3 Å². The van der Waals surface area contributed by atoms with Gasteiger partial charge < -0.3 is 14.7 Å². The molecule has 2 N–H and O–H groups in total. The maximum atomic E-state index is 11.7. The van der Waals surface area contributed by atoms with E-state index in [1.807, 2.05) is 25.9 Å². The highest BCUT2D eigenvalue weighted by Crippen LogP contribution is 2.49. The summed E-state index contributed by atoms with van der Waals surface area (Å²) in [7, 11) is -0.224. The Morgan fingerprint density at radius 1 is 0.950 bits per heavy atom. The minimum absolute atomic E-state index is 0.379. The van der Waals surface area contributed by atoms with Gasteiger partial charge in [-0.3, -0.25) is 4.57 Å². The lowest BCUT2D eigenvalue weighted by atomic mass is 10.0. The van der Waals surface area contributed by atoms with Gasteiger partial charge in [0.25, 0.3) is 0 Å². The van der Waals surface area contributed by atoms with Gasteiger partial charge in [0.1, 0.15) is 0 Å². The standard InChI is InChI=1S/C15H32NO3P/c1-5-7-8-9-10-12-14(13-16(3)4)15(11-6-2)20(17,18)19/h5-13H2,1-4H3,(H2,17,18,19)/b15-14-. The van der Waals surface area contributed by atoms with Crippen LogP contribution in [0.25, 0.3) is 0 Å². The summed E-state index contributed by atoms with van der Waals surface area (Å²) < 4.78 is 11.7. The third-order valence-corrected chi connectivity index (χ3v) is 4.58. The van der Waals surface area contributed by atoms with E-state index in [4.69, 9.17) is 0 Å². The zero-order valence-corrected chi connectivity index (χ0v) is 14.5. The van der Waals surface area contributed by atoms with E-state index >= 15 is 0 Å². The van der Waals surface area contributed by atoms with E-state index < -0.39 is 7.60 Å². The molecule has 0 saturated carbocycles. The summed E-state index contributed by atoms with van der Waals surface area (Å²) in [4.78, 5) is 21.1. The zero-order chi connectivity index (χ0) is 15.6. The molecule has 120 valence electrons. The van der Waals surface area contributed by atoms with Crippen LogP contribution in [0.1, 0.15) is 65.2 Å². The highest BCUT2D eigenvalue weighted by molar-refractivity contribution is 7.56. The Morgan fingerprint density at radius 3 is 2.00 bits per heavy atom. The van der Waals surface area contributed by atoms with Crippen LogP contribution in [0.2, 0.25) is 0 Å². The van der Waals surface area contributed by atoms with Gasteiger partial charge in [-0.15, -0.1) is 0 Å². The Labute approximate surface area is 124 Å². The molecule has 0 aromatic heterocycles. The molecule has 0 aliphatic heterocycles. The maximum Gasteiger partial charge on any atom is 0.352 e. The maximum absolute atomic E-state index is 11.7. The highest BCUT2D eigenvalue weighted by Gasteiger charge is 2.24. The molecule has 0 aliphatic rings. The summed E-state index contributed by atoms with van der Waals surface area (Å²) in [6.45, 7) is 4.79. The first-order valence-electron chi connectivity index (χ1n) is 7.74. The smallest absolute Gasteiger partial charge is 0.321 e. The first-order chi connectivity index (χ1) is 9.32. The molecule has 0 rings (SSSR count). The van der Waals surface area contributed by atoms with E-state index in [-0.39, 0.29) is 0 Å². The van der Waals surface area contributed by atoms with E-state index in [1.165, 1.54) is 19.3 Å². The first-order valence-corrected chi connectivity index (χ1v) is 9.35. The van der Waals surface area contributed by atoms with Crippen LogP contribution in [0, 0.1) is 0 Å². The number of unbranched alkanes of at least 4 members (excludes halogenated alkanes) is 4. The number of nitrogens with zero attached hydrogens (tertiary/aromatic N) is 1. The summed E-state index contributed by atoms with van der Waals surface area (Å²) in [5.41, 5.74) is 0.946. The van der Waals surface area contributed by atoms with E-state index in [9.17, 15) is 14.4 Å². The lowest BCUT2D eigenvalue weighted by Gasteiger charge is -2.19.